The minimum absolute atomic E-state index is 0.0448. The summed E-state index contributed by atoms with van der Waals surface area (Å²) in [6.07, 6.45) is 2.65. The lowest BCUT2D eigenvalue weighted by Crippen LogP contribution is -2.39. The number of methoxy groups -OCH3 is 2. The van der Waals surface area contributed by atoms with Gasteiger partial charge in [-0.15, -0.1) is 6.58 Å². The van der Waals surface area contributed by atoms with Gasteiger partial charge in [0.1, 0.15) is 11.5 Å². The van der Waals surface area contributed by atoms with Crippen molar-refractivity contribution in [3.05, 3.63) is 71.3 Å². The molecule has 128 valence electrons. The largest absolute Gasteiger partial charge is 0.497 e. The Kier molecular flexibility index (Phi) is 3.23. The number of allylic oxidation sites excluding steroid dienone is 1. The topological polar surface area (TPSA) is 47.6 Å². The first kappa shape index (κ1) is 15.8. The van der Waals surface area contributed by atoms with Crippen molar-refractivity contribution in [2.75, 3.05) is 14.2 Å². The number of carbonyl (C=O) groups is 1. The van der Waals surface area contributed by atoms with Crippen LogP contribution in [-0.2, 0) is 11.0 Å². The Hall–Kier alpha value is -2.75. The summed E-state index contributed by atoms with van der Waals surface area (Å²) >= 11 is 0. The smallest absolute Gasteiger partial charge is 0.252 e. The first-order valence-corrected chi connectivity index (χ1v) is 8.31. The molecule has 0 unspecified atom stereocenters. The average Bonchev–Trinajstić information content (AvgIpc) is 3.07. The molecule has 1 aliphatic carbocycles. The third-order valence-electron chi connectivity index (χ3n) is 5.60. The van der Waals surface area contributed by atoms with Gasteiger partial charge in [-0.2, -0.15) is 0 Å². The van der Waals surface area contributed by atoms with Gasteiger partial charge in [-0.25, -0.2) is 0 Å². The summed E-state index contributed by atoms with van der Waals surface area (Å²) in [5.74, 6) is 1.42. The highest BCUT2D eigenvalue weighted by atomic mass is 16.5. The van der Waals surface area contributed by atoms with E-state index < -0.39 is 5.54 Å². The predicted molar refractivity (Wildman–Crippen MR) is 96.4 cm³/mol. The van der Waals surface area contributed by atoms with E-state index in [4.69, 9.17) is 9.47 Å². The highest BCUT2D eigenvalue weighted by molar-refractivity contribution is 6.01. The Balaban J connectivity index is 2.08. The zero-order valence-electron chi connectivity index (χ0n) is 14.7. The third-order valence-corrected chi connectivity index (χ3v) is 5.60. The summed E-state index contributed by atoms with van der Waals surface area (Å²) in [6.45, 7) is 6.20. The van der Waals surface area contributed by atoms with Crippen molar-refractivity contribution in [2.45, 2.75) is 24.3 Å². The standard InChI is InChI=1S/C21H21NO3/c1-5-20(2)12-21(15-9-7-6-8-14(15)19(23)22-21)16-10-13(24-3)11-17(25-4)18(16)20/h5-11H,1,12H2,2-4H3,(H,22,23)/t20-,21-/m0/s1. The number of rotatable bonds is 3. The number of hydrogen-bond acceptors (Lipinski definition) is 3. The Labute approximate surface area is 147 Å². The molecule has 2 aliphatic rings. The molecule has 4 rings (SSSR count). The van der Waals surface area contributed by atoms with Gasteiger partial charge in [-0.1, -0.05) is 31.2 Å². The molecule has 1 N–H and O–H groups in total. The molecule has 0 fully saturated rings. The van der Waals surface area contributed by atoms with Crippen LogP contribution in [0.25, 0.3) is 0 Å². The van der Waals surface area contributed by atoms with E-state index in [0.29, 0.717) is 12.2 Å². The molecule has 0 saturated carbocycles. The lowest BCUT2D eigenvalue weighted by molar-refractivity contribution is 0.0938. The minimum Gasteiger partial charge on any atom is -0.497 e. The maximum atomic E-state index is 12.6. The second kappa shape index (κ2) is 5.12. The number of carbonyl (C=O) groups excluding carboxylic acids is 1. The van der Waals surface area contributed by atoms with Crippen molar-refractivity contribution in [3.8, 4) is 11.5 Å². The number of hydrogen-bond donors (Lipinski definition) is 1. The van der Waals surface area contributed by atoms with E-state index in [-0.39, 0.29) is 11.3 Å². The Morgan fingerprint density at radius 2 is 1.92 bits per heavy atom. The molecule has 0 saturated heterocycles. The first-order valence-electron chi connectivity index (χ1n) is 8.31. The summed E-state index contributed by atoms with van der Waals surface area (Å²) in [6, 6.07) is 11.7. The van der Waals surface area contributed by atoms with Crippen molar-refractivity contribution < 1.29 is 14.3 Å². The van der Waals surface area contributed by atoms with Crippen molar-refractivity contribution in [2.24, 2.45) is 0 Å². The second-order valence-electron chi connectivity index (χ2n) is 6.96. The van der Waals surface area contributed by atoms with Crippen LogP contribution in [0.2, 0.25) is 0 Å². The molecule has 1 aliphatic heterocycles. The van der Waals surface area contributed by atoms with E-state index in [1.54, 1.807) is 14.2 Å². The van der Waals surface area contributed by atoms with Gasteiger partial charge in [0, 0.05) is 22.6 Å². The van der Waals surface area contributed by atoms with Crippen LogP contribution >= 0.6 is 0 Å². The van der Waals surface area contributed by atoms with Crippen LogP contribution in [0.15, 0.2) is 49.1 Å². The van der Waals surface area contributed by atoms with E-state index in [1.807, 2.05) is 42.5 Å². The van der Waals surface area contributed by atoms with Crippen molar-refractivity contribution >= 4 is 5.91 Å². The van der Waals surface area contributed by atoms with E-state index in [2.05, 4.69) is 18.8 Å². The van der Waals surface area contributed by atoms with Gasteiger partial charge in [0.15, 0.2) is 0 Å². The van der Waals surface area contributed by atoms with E-state index >= 15 is 0 Å². The number of nitrogens with one attached hydrogen (secondary N) is 1. The molecule has 4 heteroatoms. The molecule has 2 aromatic rings. The number of benzene rings is 2. The summed E-state index contributed by atoms with van der Waals surface area (Å²) in [5.41, 5.74) is 2.89. The number of amides is 1. The van der Waals surface area contributed by atoms with Gasteiger partial charge in [-0.3, -0.25) is 4.79 Å². The Morgan fingerprint density at radius 1 is 1.16 bits per heavy atom. The van der Waals surface area contributed by atoms with Gasteiger partial charge < -0.3 is 14.8 Å². The molecule has 25 heavy (non-hydrogen) atoms. The molecule has 1 amide bonds. The normalized spacial score (nSPS) is 26.1. The molecule has 2 aromatic carbocycles. The molecule has 0 radical (unpaired) electrons. The molecule has 0 aromatic heterocycles. The van der Waals surface area contributed by atoms with Gasteiger partial charge >= 0.3 is 0 Å². The quantitative estimate of drug-likeness (QED) is 0.873. The van der Waals surface area contributed by atoms with Crippen LogP contribution in [-0.4, -0.2) is 20.1 Å². The first-order chi connectivity index (χ1) is 12.0. The van der Waals surface area contributed by atoms with Crippen LogP contribution in [0.1, 0.15) is 40.4 Å². The van der Waals surface area contributed by atoms with Gasteiger partial charge in [-0.05, 0) is 29.7 Å². The zero-order valence-corrected chi connectivity index (χ0v) is 14.7. The van der Waals surface area contributed by atoms with Crippen molar-refractivity contribution in [1.82, 2.24) is 5.32 Å². The Bertz CT molecular complexity index is 904. The molecule has 1 spiro atoms. The maximum Gasteiger partial charge on any atom is 0.252 e. The monoisotopic (exact) mass is 335 g/mol. The lowest BCUT2D eigenvalue weighted by atomic mass is 9.80. The number of fused-ring (bicyclic) bond motifs is 4. The van der Waals surface area contributed by atoms with Crippen molar-refractivity contribution in [1.29, 1.82) is 0 Å². The molecule has 2 atom stereocenters. The molecule has 0 bridgehead atoms. The van der Waals surface area contributed by atoms with Crippen LogP contribution < -0.4 is 14.8 Å². The molecular weight excluding hydrogens is 314 g/mol. The fourth-order valence-corrected chi connectivity index (χ4v) is 4.44. The van der Waals surface area contributed by atoms with E-state index in [0.717, 1.165) is 28.0 Å². The highest BCUT2D eigenvalue weighted by Gasteiger charge is 2.56. The van der Waals surface area contributed by atoms with Gasteiger partial charge in [0.25, 0.3) is 5.91 Å². The molecule has 1 heterocycles. The van der Waals surface area contributed by atoms with Gasteiger partial charge in [0.2, 0.25) is 0 Å². The number of ether oxygens (including phenoxy) is 2. The summed E-state index contributed by atoms with van der Waals surface area (Å²) < 4.78 is 11.2. The SMILES string of the molecule is C=C[C@@]1(C)C[C@@]2(NC(=O)c3ccccc32)c2cc(OC)cc(OC)c21. The Morgan fingerprint density at radius 3 is 2.60 bits per heavy atom. The molecular formula is C21H21NO3. The van der Waals surface area contributed by atoms with E-state index in [1.165, 1.54) is 0 Å². The van der Waals surface area contributed by atoms with Crippen LogP contribution in [0.5, 0.6) is 11.5 Å². The summed E-state index contributed by atoms with van der Waals surface area (Å²) in [4.78, 5) is 12.6. The van der Waals surface area contributed by atoms with Crippen molar-refractivity contribution in [3.63, 3.8) is 0 Å². The second-order valence-corrected chi connectivity index (χ2v) is 6.96. The maximum absolute atomic E-state index is 12.6. The lowest BCUT2D eigenvalue weighted by Gasteiger charge is -2.28. The summed E-state index contributed by atoms with van der Waals surface area (Å²) in [5, 5.41) is 3.25. The van der Waals surface area contributed by atoms with Crippen LogP contribution in [0.4, 0.5) is 0 Å². The predicted octanol–water partition coefficient (Wildman–Crippen LogP) is 3.54. The third kappa shape index (κ3) is 1.91. The molecule has 4 nitrogen and oxygen atoms in total. The average molecular weight is 335 g/mol. The zero-order chi connectivity index (χ0) is 17.8. The highest BCUT2D eigenvalue weighted by Crippen LogP contribution is 2.58. The summed E-state index contributed by atoms with van der Waals surface area (Å²) in [7, 11) is 3.29. The van der Waals surface area contributed by atoms with Crippen LogP contribution in [0.3, 0.4) is 0 Å². The fourth-order valence-electron chi connectivity index (χ4n) is 4.44. The van der Waals surface area contributed by atoms with Crippen LogP contribution in [0, 0.1) is 0 Å². The van der Waals surface area contributed by atoms with Gasteiger partial charge in [0.05, 0.1) is 19.8 Å². The minimum atomic E-state index is -0.590. The van der Waals surface area contributed by atoms with E-state index in [9.17, 15) is 4.79 Å². The fraction of sp³-hybridized carbons (Fsp3) is 0.286.